The number of nitrogens with zero attached hydrogens (tertiary/aromatic N) is 5. The van der Waals surface area contributed by atoms with Crippen LogP contribution in [0.4, 0.5) is 0 Å². The van der Waals surface area contributed by atoms with Crippen molar-refractivity contribution in [2.24, 2.45) is 0 Å². The summed E-state index contributed by atoms with van der Waals surface area (Å²) in [7, 11) is 0. The van der Waals surface area contributed by atoms with Crippen LogP contribution in [0, 0.1) is 6.92 Å². The van der Waals surface area contributed by atoms with Gasteiger partial charge in [-0.05, 0) is 36.8 Å². The molecule has 9 nitrogen and oxygen atoms in total. The first kappa shape index (κ1) is 22.9. The molecule has 2 aromatic heterocycles. The molecule has 1 unspecified atom stereocenters. The third-order valence-electron chi connectivity index (χ3n) is 6.59. The molecule has 1 N–H and O–H groups in total. The smallest absolute Gasteiger partial charge is 0.295 e. The zero-order valence-corrected chi connectivity index (χ0v) is 19.5. The number of rotatable bonds is 6. The SMILES string of the molecule is Cc1c(/C(O)=C2\C(=O)C(=O)N(CCN3CCOCC3)C2c2ccncc2)cnn1-c1ccccc1. The summed E-state index contributed by atoms with van der Waals surface area (Å²) in [4.78, 5) is 34.3. The van der Waals surface area contributed by atoms with Crippen LogP contribution in [0.15, 0.2) is 66.6 Å². The molecule has 1 amide bonds. The van der Waals surface area contributed by atoms with Crippen molar-refractivity contribution in [1.82, 2.24) is 24.6 Å². The highest BCUT2D eigenvalue weighted by molar-refractivity contribution is 6.46. The van der Waals surface area contributed by atoms with Gasteiger partial charge >= 0.3 is 0 Å². The molecular weight excluding hydrogens is 446 g/mol. The highest BCUT2D eigenvalue weighted by atomic mass is 16.5. The lowest BCUT2D eigenvalue weighted by molar-refractivity contribution is -0.140. The van der Waals surface area contributed by atoms with Crippen LogP contribution in [0.2, 0.25) is 0 Å². The van der Waals surface area contributed by atoms with Crippen LogP contribution >= 0.6 is 0 Å². The molecule has 5 rings (SSSR count). The molecule has 0 radical (unpaired) electrons. The summed E-state index contributed by atoms with van der Waals surface area (Å²) < 4.78 is 7.11. The number of Topliss-reactive ketones (excluding diaryl/α,β-unsaturated/α-hetero) is 1. The summed E-state index contributed by atoms with van der Waals surface area (Å²) in [6.07, 6.45) is 4.77. The van der Waals surface area contributed by atoms with Gasteiger partial charge in [0.2, 0.25) is 0 Å². The molecule has 2 saturated heterocycles. The zero-order chi connectivity index (χ0) is 24.4. The van der Waals surface area contributed by atoms with Crippen molar-refractivity contribution in [3.8, 4) is 5.69 Å². The second kappa shape index (κ2) is 9.81. The number of aliphatic hydroxyl groups is 1. The predicted octanol–water partition coefficient (Wildman–Crippen LogP) is 2.33. The first-order valence-electron chi connectivity index (χ1n) is 11.6. The number of aliphatic hydroxyl groups excluding tert-OH is 1. The maximum atomic E-state index is 13.3. The summed E-state index contributed by atoms with van der Waals surface area (Å²) in [6, 6.07) is 12.4. The number of carbonyl (C=O) groups is 2. The van der Waals surface area contributed by atoms with Gasteiger partial charge in [-0.15, -0.1) is 0 Å². The van der Waals surface area contributed by atoms with E-state index in [2.05, 4.69) is 15.0 Å². The number of aromatic nitrogens is 3. The largest absolute Gasteiger partial charge is 0.507 e. The van der Waals surface area contributed by atoms with Crippen molar-refractivity contribution in [2.45, 2.75) is 13.0 Å². The van der Waals surface area contributed by atoms with E-state index in [1.165, 1.54) is 6.20 Å². The highest BCUT2D eigenvalue weighted by Gasteiger charge is 2.46. The molecule has 0 spiro atoms. The van der Waals surface area contributed by atoms with Crippen LogP contribution in [0.5, 0.6) is 0 Å². The molecule has 1 atom stereocenters. The molecule has 3 aromatic rings. The van der Waals surface area contributed by atoms with Crippen LogP contribution in [0.3, 0.4) is 0 Å². The average molecular weight is 474 g/mol. The minimum Gasteiger partial charge on any atom is -0.507 e. The van der Waals surface area contributed by atoms with Crippen molar-refractivity contribution in [3.63, 3.8) is 0 Å². The van der Waals surface area contributed by atoms with Gasteiger partial charge in [0.15, 0.2) is 0 Å². The van der Waals surface area contributed by atoms with E-state index in [4.69, 9.17) is 4.74 Å². The standard InChI is InChI=1S/C26H27N5O4/c1-18-21(17-28-31(18)20-5-3-2-4-6-20)24(32)22-23(19-7-9-27-10-8-19)30(26(34)25(22)33)12-11-29-13-15-35-16-14-29/h2-10,17,23,32H,11-16H2,1H3/b24-22+. The maximum absolute atomic E-state index is 13.3. The molecule has 9 heteroatoms. The van der Waals surface area contributed by atoms with Gasteiger partial charge in [-0.1, -0.05) is 18.2 Å². The fraction of sp³-hybridized carbons (Fsp3) is 0.308. The van der Waals surface area contributed by atoms with E-state index in [1.54, 1.807) is 34.1 Å². The number of likely N-dealkylation sites (tertiary alicyclic amines) is 1. The molecule has 2 fully saturated rings. The summed E-state index contributed by atoms with van der Waals surface area (Å²) in [6.45, 7) is 5.66. The van der Waals surface area contributed by atoms with E-state index in [1.807, 2.05) is 37.3 Å². The van der Waals surface area contributed by atoms with E-state index >= 15 is 0 Å². The second-order valence-electron chi connectivity index (χ2n) is 8.62. The fourth-order valence-electron chi connectivity index (χ4n) is 4.69. The van der Waals surface area contributed by atoms with Crippen LogP contribution < -0.4 is 0 Å². The fourth-order valence-corrected chi connectivity index (χ4v) is 4.69. The van der Waals surface area contributed by atoms with Gasteiger partial charge < -0.3 is 14.7 Å². The molecule has 180 valence electrons. The van der Waals surface area contributed by atoms with Crippen LogP contribution in [-0.2, 0) is 14.3 Å². The second-order valence-corrected chi connectivity index (χ2v) is 8.62. The number of pyridine rings is 1. The number of carbonyl (C=O) groups excluding carboxylic acids is 2. The normalized spacial score (nSPS) is 20.5. The van der Waals surface area contributed by atoms with Gasteiger partial charge in [0.05, 0.1) is 48.0 Å². The maximum Gasteiger partial charge on any atom is 0.295 e. The molecule has 4 heterocycles. The third kappa shape index (κ3) is 4.36. The molecule has 2 aliphatic rings. The highest BCUT2D eigenvalue weighted by Crippen LogP contribution is 2.39. The van der Waals surface area contributed by atoms with Crippen molar-refractivity contribution in [2.75, 3.05) is 39.4 Å². The number of ketones is 1. The first-order chi connectivity index (χ1) is 17.1. The molecular formula is C26H27N5O4. The van der Waals surface area contributed by atoms with E-state index in [9.17, 15) is 14.7 Å². The number of benzene rings is 1. The third-order valence-corrected chi connectivity index (χ3v) is 6.59. The van der Waals surface area contributed by atoms with Crippen molar-refractivity contribution in [1.29, 1.82) is 0 Å². The molecule has 0 bridgehead atoms. The lowest BCUT2D eigenvalue weighted by Gasteiger charge is -2.30. The van der Waals surface area contributed by atoms with E-state index in [-0.39, 0.29) is 11.3 Å². The Hall–Kier alpha value is -3.82. The lowest BCUT2D eigenvalue weighted by atomic mass is 9.96. The van der Waals surface area contributed by atoms with Gasteiger partial charge in [0, 0.05) is 38.6 Å². The minimum absolute atomic E-state index is 0.0684. The van der Waals surface area contributed by atoms with Gasteiger partial charge in [-0.2, -0.15) is 5.10 Å². The van der Waals surface area contributed by atoms with E-state index < -0.39 is 17.7 Å². The van der Waals surface area contributed by atoms with Gasteiger partial charge in [0.1, 0.15) is 5.76 Å². The summed E-state index contributed by atoms with van der Waals surface area (Å²) >= 11 is 0. The predicted molar refractivity (Wildman–Crippen MR) is 129 cm³/mol. The van der Waals surface area contributed by atoms with Crippen molar-refractivity contribution >= 4 is 17.4 Å². The lowest BCUT2D eigenvalue weighted by Crippen LogP contribution is -2.42. The summed E-state index contributed by atoms with van der Waals surface area (Å²) in [5.41, 5.74) is 2.70. The number of morpholine rings is 1. The average Bonchev–Trinajstić information content (AvgIpc) is 3.41. The van der Waals surface area contributed by atoms with Crippen molar-refractivity contribution in [3.05, 3.63) is 83.4 Å². The van der Waals surface area contributed by atoms with Crippen LogP contribution in [0.25, 0.3) is 11.4 Å². The Kier molecular flexibility index (Phi) is 6.43. The van der Waals surface area contributed by atoms with E-state index in [0.29, 0.717) is 37.6 Å². The topological polar surface area (TPSA) is 101 Å². The Morgan fingerprint density at radius 1 is 1.06 bits per heavy atom. The molecule has 0 saturated carbocycles. The Balaban J connectivity index is 1.54. The minimum atomic E-state index is -0.710. The number of ether oxygens (including phenoxy) is 1. The van der Waals surface area contributed by atoms with Crippen LogP contribution in [-0.4, -0.2) is 80.8 Å². The number of hydrogen-bond acceptors (Lipinski definition) is 7. The molecule has 35 heavy (non-hydrogen) atoms. The van der Waals surface area contributed by atoms with Crippen LogP contribution in [0.1, 0.15) is 22.9 Å². The molecule has 0 aliphatic carbocycles. The van der Waals surface area contributed by atoms with Gasteiger partial charge in [0.25, 0.3) is 11.7 Å². The Labute approximate surface area is 203 Å². The van der Waals surface area contributed by atoms with E-state index in [0.717, 1.165) is 24.3 Å². The Bertz CT molecular complexity index is 1250. The number of hydrogen-bond donors (Lipinski definition) is 1. The van der Waals surface area contributed by atoms with Gasteiger partial charge in [-0.25, -0.2) is 4.68 Å². The number of para-hydroxylation sites is 1. The monoisotopic (exact) mass is 473 g/mol. The molecule has 2 aliphatic heterocycles. The van der Waals surface area contributed by atoms with Crippen molar-refractivity contribution < 1.29 is 19.4 Å². The van der Waals surface area contributed by atoms with Gasteiger partial charge in [-0.3, -0.25) is 19.5 Å². The quantitative estimate of drug-likeness (QED) is 0.333. The first-order valence-corrected chi connectivity index (χ1v) is 11.6. The Morgan fingerprint density at radius 2 is 1.77 bits per heavy atom. The molecule has 1 aromatic carbocycles. The zero-order valence-electron chi connectivity index (χ0n) is 19.5. The summed E-state index contributed by atoms with van der Waals surface area (Å²) in [5, 5.41) is 15.8. The summed E-state index contributed by atoms with van der Waals surface area (Å²) in [5.74, 6) is -1.54. The number of amides is 1. The Morgan fingerprint density at radius 3 is 2.49 bits per heavy atom.